The Morgan fingerprint density at radius 1 is 0.676 bits per heavy atom. The Kier molecular flexibility index (Phi) is 10.8. The summed E-state index contributed by atoms with van der Waals surface area (Å²) in [5.74, 6) is 2.19. The van der Waals surface area contributed by atoms with Gasteiger partial charge in [-0.3, -0.25) is 0 Å². The molecule has 34 heavy (non-hydrogen) atoms. The number of unbranched alkanes of at least 4 members (excludes halogenated alkanes) is 5. The van der Waals surface area contributed by atoms with Crippen LogP contribution < -0.4 is 9.47 Å². The monoisotopic (exact) mass is 464 g/mol. The van der Waals surface area contributed by atoms with Gasteiger partial charge in [0, 0.05) is 23.5 Å². The lowest BCUT2D eigenvalue weighted by Gasteiger charge is -2.10. The standard InChI is InChI=1S/C29H37FN2O2/c1-3-5-6-7-8-9-19-33-27-15-11-23(12-16-27)25-20-31-29(32-21-25)24-13-17-28(18-14-24)34-22-26(30)10-4-2/h11-18,20-21,26H,3-10,19,22H2,1-2H3. The quantitative estimate of drug-likeness (QED) is 0.213. The van der Waals surface area contributed by atoms with Crippen LogP contribution in [0.5, 0.6) is 11.5 Å². The molecule has 0 aliphatic carbocycles. The highest BCUT2D eigenvalue weighted by molar-refractivity contribution is 5.64. The number of ether oxygens (including phenoxy) is 2. The van der Waals surface area contributed by atoms with Crippen molar-refractivity contribution in [1.82, 2.24) is 9.97 Å². The fourth-order valence-electron chi connectivity index (χ4n) is 3.73. The molecule has 4 nitrogen and oxygen atoms in total. The number of rotatable bonds is 15. The zero-order valence-corrected chi connectivity index (χ0v) is 20.5. The zero-order chi connectivity index (χ0) is 24.0. The molecule has 3 aromatic rings. The summed E-state index contributed by atoms with van der Waals surface area (Å²) in [5.41, 5.74) is 2.90. The molecule has 0 N–H and O–H groups in total. The second-order valence-electron chi connectivity index (χ2n) is 8.66. The van der Waals surface area contributed by atoms with Crippen molar-refractivity contribution in [2.75, 3.05) is 13.2 Å². The van der Waals surface area contributed by atoms with E-state index in [1.54, 1.807) is 0 Å². The minimum Gasteiger partial charge on any atom is -0.494 e. The van der Waals surface area contributed by atoms with Gasteiger partial charge >= 0.3 is 0 Å². The molecule has 2 aromatic carbocycles. The fourth-order valence-corrected chi connectivity index (χ4v) is 3.73. The molecule has 0 amide bonds. The lowest BCUT2D eigenvalue weighted by Crippen LogP contribution is -2.12. The maximum absolute atomic E-state index is 13.6. The van der Waals surface area contributed by atoms with Crippen LogP contribution in [0.3, 0.4) is 0 Å². The third kappa shape index (κ3) is 8.44. The molecular weight excluding hydrogens is 427 g/mol. The molecule has 0 saturated heterocycles. The second-order valence-corrected chi connectivity index (χ2v) is 8.66. The van der Waals surface area contributed by atoms with E-state index in [1.807, 2.05) is 67.8 Å². The molecule has 0 fully saturated rings. The summed E-state index contributed by atoms with van der Waals surface area (Å²) in [6.45, 7) is 5.05. The molecule has 0 saturated carbocycles. The van der Waals surface area contributed by atoms with Crippen molar-refractivity contribution in [3.05, 3.63) is 60.9 Å². The van der Waals surface area contributed by atoms with Crippen molar-refractivity contribution in [3.8, 4) is 34.0 Å². The highest BCUT2D eigenvalue weighted by Crippen LogP contribution is 2.24. The molecule has 0 bridgehead atoms. The minimum atomic E-state index is -0.929. The van der Waals surface area contributed by atoms with Crippen molar-refractivity contribution in [2.45, 2.75) is 71.4 Å². The number of hydrogen-bond donors (Lipinski definition) is 0. The summed E-state index contributed by atoms with van der Waals surface area (Å²) in [6, 6.07) is 15.5. The van der Waals surface area contributed by atoms with Gasteiger partial charge in [0.1, 0.15) is 24.3 Å². The van der Waals surface area contributed by atoms with E-state index in [0.29, 0.717) is 18.0 Å². The van der Waals surface area contributed by atoms with Crippen LogP contribution in [0.2, 0.25) is 0 Å². The average Bonchev–Trinajstić information content (AvgIpc) is 2.88. The third-order valence-corrected chi connectivity index (χ3v) is 5.75. The van der Waals surface area contributed by atoms with Gasteiger partial charge in [-0.2, -0.15) is 0 Å². The first-order chi connectivity index (χ1) is 16.7. The second kappa shape index (κ2) is 14.3. The minimum absolute atomic E-state index is 0.0846. The summed E-state index contributed by atoms with van der Waals surface area (Å²) in [5, 5.41) is 0. The Hall–Kier alpha value is -2.95. The van der Waals surface area contributed by atoms with Crippen LogP contribution in [0.25, 0.3) is 22.5 Å². The number of halogens is 1. The van der Waals surface area contributed by atoms with Gasteiger partial charge in [0.15, 0.2) is 5.82 Å². The molecule has 0 aliphatic heterocycles. The molecule has 182 valence electrons. The Labute approximate surface area is 203 Å². The van der Waals surface area contributed by atoms with Crippen molar-refractivity contribution in [2.24, 2.45) is 0 Å². The van der Waals surface area contributed by atoms with Crippen molar-refractivity contribution < 1.29 is 13.9 Å². The Balaban J connectivity index is 1.48. The van der Waals surface area contributed by atoms with E-state index in [1.165, 1.54) is 32.1 Å². The van der Waals surface area contributed by atoms with Gasteiger partial charge in [0.25, 0.3) is 0 Å². The molecule has 3 rings (SSSR count). The predicted octanol–water partition coefficient (Wildman–Crippen LogP) is 8.07. The molecule has 1 aromatic heterocycles. The molecule has 5 heteroatoms. The van der Waals surface area contributed by atoms with Crippen molar-refractivity contribution in [3.63, 3.8) is 0 Å². The molecular formula is C29H37FN2O2. The van der Waals surface area contributed by atoms with Crippen LogP contribution in [0.1, 0.15) is 65.2 Å². The first-order valence-electron chi connectivity index (χ1n) is 12.6. The molecule has 0 spiro atoms. The average molecular weight is 465 g/mol. The number of nitrogens with zero attached hydrogens (tertiary/aromatic N) is 2. The molecule has 0 aliphatic rings. The lowest BCUT2D eigenvalue weighted by molar-refractivity contribution is 0.186. The molecule has 0 radical (unpaired) electrons. The van der Waals surface area contributed by atoms with Gasteiger partial charge < -0.3 is 9.47 Å². The largest absolute Gasteiger partial charge is 0.494 e. The van der Waals surface area contributed by atoms with E-state index < -0.39 is 6.17 Å². The van der Waals surface area contributed by atoms with Crippen LogP contribution in [0.4, 0.5) is 4.39 Å². The SMILES string of the molecule is CCCCCCCCOc1ccc(-c2cnc(-c3ccc(OCC(F)CCC)cc3)nc2)cc1. The Morgan fingerprint density at radius 2 is 1.26 bits per heavy atom. The van der Waals surface area contributed by atoms with Crippen molar-refractivity contribution in [1.29, 1.82) is 0 Å². The van der Waals surface area contributed by atoms with E-state index in [4.69, 9.17) is 9.47 Å². The predicted molar refractivity (Wildman–Crippen MR) is 137 cm³/mol. The number of benzene rings is 2. The number of alkyl halides is 1. The summed E-state index contributed by atoms with van der Waals surface area (Å²) in [4.78, 5) is 9.05. The van der Waals surface area contributed by atoms with Gasteiger partial charge in [-0.1, -0.05) is 64.5 Å². The summed E-state index contributed by atoms with van der Waals surface area (Å²) >= 11 is 0. The van der Waals surface area contributed by atoms with Gasteiger partial charge in [0.05, 0.1) is 6.61 Å². The van der Waals surface area contributed by atoms with E-state index in [9.17, 15) is 4.39 Å². The number of hydrogen-bond acceptors (Lipinski definition) is 4. The Bertz CT molecular complexity index is 943. The summed E-state index contributed by atoms with van der Waals surface area (Å²) < 4.78 is 25.0. The molecule has 1 unspecified atom stereocenters. The van der Waals surface area contributed by atoms with E-state index in [0.717, 1.165) is 41.9 Å². The fraction of sp³-hybridized carbons (Fsp3) is 0.448. The topological polar surface area (TPSA) is 44.2 Å². The van der Waals surface area contributed by atoms with Gasteiger partial charge in [0.2, 0.25) is 0 Å². The zero-order valence-electron chi connectivity index (χ0n) is 20.5. The van der Waals surface area contributed by atoms with Crippen LogP contribution in [0.15, 0.2) is 60.9 Å². The van der Waals surface area contributed by atoms with Crippen LogP contribution in [-0.4, -0.2) is 29.4 Å². The maximum Gasteiger partial charge on any atom is 0.159 e. The van der Waals surface area contributed by atoms with Crippen LogP contribution in [-0.2, 0) is 0 Å². The van der Waals surface area contributed by atoms with Crippen molar-refractivity contribution >= 4 is 0 Å². The van der Waals surface area contributed by atoms with Gasteiger partial charge in [-0.15, -0.1) is 0 Å². The number of aromatic nitrogens is 2. The van der Waals surface area contributed by atoms with E-state index in [-0.39, 0.29) is 6.61 Å². The van der Waals surface area contributed by atoms with Gasteiger partial charge in [-0.05, 0) is 54.8 Å². The lowest BCUT2D eigenvalue weighted by atomic mass is 10.1. The highest BCUT2D eigenvalue weighted by atomic mass is 19.1. The smallest absolute Gasteiger partial charge is 0.159 e. The van der Waals surface area contributed by atoms with E-state index in [2.05, 4.69) is 16.9 Å². The first-order valence-corrected chi connectivity index (χ1v) is 12.6. The summed E-state index contributed by atoms with van der Waals surface area (Å²) in [6.07, 6.45) is 11.6. The summed E-state index contributed by atoms with van der Waals surface area (Å²) in [7, 11) is 0. The maximum atomic E-state index is 13.6. The third-order valence-electron chi connectivity index (χ3n) is 5.75. The van der Waals surface area contributed by atoms with Crippen LogP contribution in [0, 0.1) is 0 Å². The van der Waals surface area contributed by atoms with E-state index >= 15 is 0 Å². The van der Waals surface area contributed by atoms with Crippen LogP contribution >= 0.6 is 0 Å². The van der Waals surface area contributed by atoms with Gasteiger partial charge in [-0.25, -0.2) is 14.4 Å². The highest BCUT2D eigenvalue weighted by Gasteiger charge is 2.07. The molecule has 1 heterocycles. The normalized spacial score (nSPS) is 11.9. The Morgan fingerprint density at radius 3 is 1.91 bits per heavy atom. The molecule has 1 atom stereocenters. The first kappa shape index (κ1) is 25.7.